The van der Waals surface area contributed by atoms with Crippen molar-refractivity contribution in [2.24, 2.45) is 4.99 Å². The van der Waals surface area contributed by atoms with Crippen LogP contribution in [0.1, 0.15) is 11.3 Å². The number of hydrogen-bond acceptors (Lipinski definition) is 4. The van der Waals surface area contributed by atoms with Crippen molar-refractivity contribution >= 4 is 29.2 Å². The molecule has 1 amide bonds. The molecule has 0 atom stereocenters. The van der Waals surface area contributed by atoms with Crippen LogP contribution in [-0.4, -0.2) is 25.8 Å². The maximum Gasteiger partial charge on any atom is 0.282 e. The van der Waals surface area contributed by atoms with E-state index in [1.165, 1.54) is 0 Å². The van der Waals surface area contributed by atoms with E-state index in [0.717, 1.165) is 16.9 Å². The van der Waals surface area contributed by atoms with Crippen LogP contribution >= 0.6 is 0 Å². The molecule has 1 aliphatic heterocycles. The van der Waals surface area contributed by atoms with Crippen molar-refractivity contribution in [3.8, 4) is 0 Å². The summed E-state index contributed by atoms with van der Waals surface area (Å²) in [6.45, 7) is 0. The van der Waals surface area contributed by atoms with Gasteiger partial charge in [0.2, 0.25) is 0 Å². The highest BCUT2D eigenvalue weighted by atomic mass is 16.3. The number of hydrogen-bond donors (Lipinski definition) is 0. The molecule has 5 nitrogen and oxygen atoms in total. The molecule has 4 rings (SSSR count). The van der Waals surface area contributed by atoms with Crippen LogP contribution in [0.5, 0.6) is 0 Å². The van der Waals surface area contributed by atoms with E-state index >= 15 is 0 Å². The van der Waals surface area contributed by atoms with Gasteiger partial charge >= 0.3 is 0 Å². The number of amidine groups is 1. The summed E-state index contributed by atoms with van der Waals surface area (Å²) in [5.74, 6) is 1.03. The fourth-order valence-corrected chi connectivity index (χ4v) is 2.95. The maximum atomic E-state index is 13.1. The third kappa shape index (κ3) is 3.27. The first-order valence-electron chi connectivity index (χ1n) is 8.64. The van der Waals surface area contributed by atoms with Crippen molar-refractivity contribution in [3.05, 3.63) is 90.0 Å². The monoisotopic (exact) mass is 357 g/mol. The maximum absolute atomic E-state index is 13.1. The molecule has 0 fully saturated rings. The minimum Gasteiger partial charge on any atom is -0.465 e. The molecule has 1 aliphatic rings. The van der Waals surface area contributed by atoms with Crippen LogP contribution in [0.3, 0.4) is 0 Å². The summed E-state index contributed by atoms with van der Waals surface area (Å²) in [6, 6.07) is 21.1. The van der Waals surface area contributed by atoms with Crippen LogP contribution < -0.4 is 9.80 Å². The van der Waals surface area contributed by atoms with Crippen molar-refractivity contribution in [2.45, 2.75) is 0 Å². The van der Waals surface area contributed by atoms with Gasteiger partial charge in [0.25, 0.3) is 5.91 Å². The summed E-state index contributed by atoms with van der Waals surface area (Å²) >= 11 is 0. The summed E-state index contributed by atoms with van der Waals surface area (Å²) in [4.78, 5) is 21.4. The molecule has 0 radical (unpaired) electrons. The standard InChI is InChI=1S/C22H19N3O2/c1-24(2)17-10-12-18(13-11-17)25-21(16-7-4-3-5-8-16)23-20(22(25)26)15-19-9-6-14-27-19/h3-15H,1-2H3/b20-15-. The molecule has 0 N–H and O–H groups in total. The van der Waals surface area contributed by atoms with Gasteiger partial charge in [-0.25, -0.2) is 4.99 Å². The van der Waals surface area contributed by atoms with E-state index < -0.39 is 0 Å². The van der Waals surface area contributed by atoms with Gasteiger partial charge in [-0.2, -0.15) is 0 Å². The fraction of sp³-hybridized carbons (Fsp3) is 0.0909. The molecule has 27 heavy (non-hydrogen) atoms. The lowest BCUT2D eigenvalue weighted by molar-refractivity contribution is -0.113. The third-order valence-electron chi connectivity index (χ3n) is 4.34. The van der Waals surface area contributed by atoms with Crippen LogP contribution in [0.4, 0.5) is 11.4 Å². The number of furan rings is 1. The molecule has 134 valence electrons. The average molecular weight is 357 g/mol. The predicted octanol–water partition coefficient (Wildman–Crippen LogP) is 4.18. The summed E-state index contributed by atoms with van der Waals surface area (Å²) in [6.07, 6.45) is 3.24. The Labute approximate surface area is 157 Å². The molecular formula is C22H19N3O2. The Kier molecular flexibility index (Phi) is 4.34. The lowest BCUT2D eigenvalue weighted by Crippen LogP contribution is -2.32. The first kappa shape index (κ1) is 16.8. The van der Waals surface area contributed by atoms with Gasteiger partial charge < -0.3 is 9.32 Å². The smallest absolute Gasteiger partial charge is 0.282 e. The van der Waals surface area contributed by atoms with Crippen molar-refractivity contribution in [2.75, 3.05) is 23.9 Å². The zero-order valence-electron chi connectivity index (χ0n) is 15.2. The Bertz CT molecular complexity index is 1000. The Hall–Kier alpha value is -3.60. The Morgan fingerprint density at radius 3 is 2.33 bits per heavy atom. The molecule has 0 aliphatic carbocycles. The number of carbonyl (C=O) groups is 1. The molecule has 0 bridgehead atoms. The molecule has 3 aromatic rings. The number of nitrogens with zero attached hydrogens (tertiary/aromatic N) is 3. The van der Waals surface area contributed by atoms with Crippen molar-refractivity contribution < 1.29 is 9.21 Å². The summed E-state index contributed by atoms with van der Waals surface area (Å²) in [5, 5.41) is 0. The number of benzene rings is 2. The van der Waals surface area contributed by atoms with Gasteiger partial charge in [0.15, 0.2) is 0 Å². The summed E-state index contributed by atoms with van der Waals surface area (Å²) in [7, 11) is 3.97. The van der Waals surface area contributed by atoms with Crippen molar-refractivity contribution in [1.82, 2.24) is 0 Å². The molecule has 0 saturated carbocycles. The minimum absolute atomic E-state index is 0.178. The first-order chi connectivity index (χ1) is 13.1. The number of rotatable bonds is 4. The van der Waals surface area contributed by atoms with Crippen molar-refractivity contribution in [3.63, 3.8) is 0 Å². The number of aliphatic imine (C=N–C) groups is 1. The molecular weight excluding hydrogens is 338 g/mol. The Morgan fingerprint density at radius 1 is 0.963 bits per heavy atom. The minimum atomic E-state index is -0.178. The second-order valence-electron chi connectivity index (χ2n) is 6.40. The van der Waals surface area contributed by atoms with Gasteiger partial charge in [-0.15, -0.1) is 0 Å². The van der Waals surface area contributed by atoms with Crippen LogP contribution in [-0.2, 0) is 4.79 Å². The number of carbonyl (C=O) groups excluding carboxylic acids is 1. The first-order valence-corrected chi connectivity index (χ1v) is 8.64. The molecule has 0 spiro atoms. The lowest BCUT2D eigenvalue weighted by atomic mass is 10.1. The molecule has 0 unspecified atom stereocenters. The average Bonchev–Trinajstić information content (AvgIpc) is 3.31. The molecule has 1 aromatic heterocycles. The van der Waals surface area contributed by atoms with E-state index in [1.54, 1.807) is 29.4 Å². The van der Waals surface area contributed by atoms with E-state index in [0.29, 0.717) is 17.3 Å². The zero-order chi connectivity index (χ0) is 18.8. The highest BCUT2D eigenvalue weighted by Gasteiger charge is 2.32. The van der Waals surface area contributed by atoms with Gasteiger partial charge in [-0.05, 0) is 36.4 Å². The second kappa shape index (κ2) is 6.96. The third-order valence-corrected chi connectivity index (χ3v) is 4.34. The van der Waals surface area contributed by atoms with Crippen LogP contribution in [0.25, 0.3) is 6.08 Å². The lowest BCUT2D eigenvalue weighted by Gasteiger charge is -2.20. The van der Waals surface area contributed by atoms with E-state index in [9.17, 15) is 4.79 Å². The van der Waals surface area contributed by atoms with E-state index in [2.05, 4.69) is 4.99 Å². The predicted molar refractivity (Wildman–Crippen MR) is 108 cm³/mol. The Morgan fingerprint density at radius 2 is 1.70 bits per heavy atom. The molecule has 0 saturated heterocycles. The number of amides is 1. The highest BCUT2D eigenvalue weighted by Crippen LogP contribution is 2.29. The largest absolute Gasteiger partial charge is 0.465 e. The van der Waals surface area contributed by atoms with Gasteiger partial charge in [-0.1, -0.05) is 30.3 Å². The van der Waals surface area contributed by atoms with E-state index in [-0.39, 0.29) is 5.91 Å². The number of anilines is 2. The molecule has 5 heteroatoms. The second-order valence-corrected chi connectivity index (χ2v) is 6.40. The normalized spacial score (nSPS) is 15.3. The molecule has 2 aromatic carbocycles. The Balaban J connectivity index is 1.78. The topological polar surface area (TPSA) is 49.0 Å². The van der Waals surface area contributed by atoms with E-state index in [1.807, 2.05) is 73.6 Å². The van der Waals surface area contributed by atoms with Gasteiger partial charge in [-0.3, -0.25) is 9.69 Å². The van der Waals surface area contributed by atoms with Crippen LogP contribution in [0.2, 0.25) is 0 Å². The fourth-order valence-electron chi connectivity index (χ4n) is 2.95. The van der Waals surface area contributed by atoms with Crippen LogP contribution in [0, 0.1) is 0 Å². The van der Waals surface area contributed by atoms with Crippen molar-refractivity contribution in [1.29, 1.82) is 0 Å². The SMILES string of the molecule is CN(C)c1ccc(N2C(=O)/C(=C/c3ccco3)N=C2c2ccccc2)cc1. The zero-order valence-corrected chi connectivity index (χ0v) is 15.2. The van der Waals surface area contributed by atoms with Gasteiger partial charge in [0.1, 0.15) is 17.3 Å². The van der Waals surface area contributed by atoms with Gasteiger partial charge in [0.05, 0.1) is 12.0 Å². The summed E-state index contributed by atoms with van der Waals surface area (Å²) in [5.41, 5.74) is 3.07. The van der Waals surface area contributed by atoms with Crippen LogP contribution in [0.15, 0.2) is 88.1 Å². The van der Waals surface area contributed by atoms with E-state index in [4.69, 9.17) is 4.42 Å². The molecule has 2 heterocycles. The summed E-state index contributed by atoms with van der Waals surface area (Å²) < 4.78 is 5.35. The highest BCUT2D eigenvalue weighted by molar-refractivity contribution is 6.33. The quantitative estimate of drug-likeness (QED) is 0.658. The van der Waals surface area contributed by atoms with Gasteiger partial charge in [0, 0.05) is 31.4 Å².